The molecule has 1 aromatic rings. The summed E-state index contributed by atoms with van der Waals surface area (Å²) in [5.74, 6) is -0.291. The highest BCUT2D eigenvalue weighted by Crippen LogP contribution is 2.28. The van der Waals surface area contributed by atoms with Gasteiger partial charge in [0.1, 0.15) is 11.6 Å². The van der Waals surface area contributed by atoms with Crippen LogP contribution in [-0.2, 0) is 0 Å². The fourth-order valence-corrected chi connectivity index (χ4v) is 2.09. The Balaban J connectivity index is 2.22. The van der Waals surface area contributed by atoms with Crippen molar-refractivity contribution in [2.75, 3.05) is 6.54 Å². The third-order valence-corrected chi connectivity index (χ3v) is 3.01. The van der Waals surface area contributed by atoms with Crippen molar-refractivity contribution in [1.82, 2.24) is 5.32 Å². The Morgan fingerprint density at radius 1 is 1.20 bits per heavy atom. The van der Waals surface area contributed by atoms with Gasteiger partial charge in [0.05, 0.1) is 0 Å². The first-order valence-electron chi connectivity index (χ1n) is 5.35. The molecule has 1 N–H and O–H groups in total. The number of nitrogens with one attached hydrogen (secondary N) is 1. The second-order valence-corrected chi connectivity index (χ2v) is 4.28. The van der Waals surface area contributed by atoms with E-state index < -0.39 is 11.6 Å². The van der Waals surface area contributed by atoms with Crippen molar-refractivity contribution in [3.63, 3.8) is 0 Å². The highest BCUT2D eigenvalue weighted by molar-refractivity contribution is 5.23. The number of benzene rings is 1. The van der Waals surface area contributed by atoms with E-state index in [1.807, 2.05) is 0 Å². The van der Waals surface area contributed by atoms with Crippen molar-refractivity contribution < 1.29 is 8.78 Å². The molecule has 1 heterocycles. The molecule has 15 heavy (non-hydrogen) atoms. The summed E-state index contributed by atoms with van der Waals surface area (Å²) in [6.07, 6.45) is 1.82. The third kappa shape index (κ3) is 2.17. The maximum absolute atomic E-state index is 13.5. The van der Waals surface area contributed by atoms with Crippen molar-refractivity contribution in [2.24, 2.45) is 5.92 Å². The molecule has 0 bridgehead atoms. The molecule has 0 radical (unpaired) electrons. The molecule has 0 amide bonds. The number of rotatable bonds is 1. The zero-order chi connectivity index (χ0) is 10.8. The second kappa shape index (κ2) is 4.27. The van der Waals surface area contributed by atoms with Gasteiger partial charge in [0.2, 0.25) is 0 Å². The average molecular weight is 211 g/mol. The number of piperidine rings is 1. The van der Waals surface area contributed by atoms with Crippen molar-refractivity contribution >= 4 is 0 Å². The highest BCUT2D eigenvalue weighted by atomic mass is 19.1. The monoisotopic (exact) mass is 211 g/mol. The standard InChI is InChI=1S/C12H15F2N/c1-8-5-6-11(15-7-8)12-9(13)3-2-4-10(12)14/h2-4,8,11,15H,5-7H2,1H3. The maximum Gasteiger partial charge on any atom is 0.130 e. The van der Waals surface area contributed by atoms with E-state index in [2.05, 4.69) is 12.2 Å². The van der Waals surface area contributed by atoms with Crippen LogP contribution in [0.3, 0.4) is 0 Å². The van der Waals surface area contributed by atoms with Gasteiger partial charge in [-0.15, -0.1) is 0 Å². The van der Waals surface area contributed by atoms with E-state index in [0.29, 0.717) is 5.92 Å². The van der Waals surface area contributed by atoms with Gasteiger partial charge in [-0.25, -0.2) is 8.78 Å². The smallest absolute Gasteiger partial charge is 0.130 e. The molecule has 1 aliphatic rings. The van der Waals surface area contributed by atoms with Gasteiger partial charge < -0.3 is 5.32 Å². The van der Waals surface area contributed by atoms with E-state index >= 15 is 0 Å². The lowest BCUT2D eigenvalue weighted by molar-refractivity contribution is 0.319. The molecule has 2 atom stereocenters. The molecule has 1 fully saturated rings. The lowest BCUT2D eigenvalue weighted by Crippen LogP contribution is -2.32. The normalized spacial score (nSPS) is 26.6. The van der Waals surface area contributed by atoms with Gasteiger partial charge in [-0.1, -0.05) is 13.0 Å². The van der Waals surface area contributed by atoms with Crippen molar-refractivity contribution in [3.8, 4) is 0 Å². The number of hydrogen-bond donors (Lipinski definition) is 1. The molecule has 0 aliphatic carbocycles. The maximum atomic E-state index is 13.5. The van der Waals surface area contributed by atoms with Crippen LogP contribution in [0.2, 0.25) is 0 Å². The Bertz CT molecular complexity index is 323. The Hall–Kier alpha value is -0.960. The van der Waals surface area contributed by atoms with Gasteiger partial charge >= 0.3 is 0 Å². The molecule has 1 saturated heterocycles. The Morgan fingerprint density at radius 2 is 1.87 bits per heavy atom. The molecule has 2 rings (SSSR count). The highest BCUT2D eigenvalue weighted by Gasteiger charge is 2.23. The molecule has 1 aliphatic heterocycles. The SMILES string of the molecule is CC1CCC(c2c(F)cccc2F)NC1. The first-order chi connectivity index (χ1) is 7.18. The average Bonchev–Trinajstić information content (AvgIpc) is 2.20. The van der Waals surface area contributed by atoms with E-state index in [1.54, 1.807) is 0 Å². The molecular formula is C12H15F2N. The number of hydrogen-bond acceptors (Lipinski definition) is 1. The minimum atomic E-state index is -0.443. The fourth-order valence-electron chi connectivity index (χ4n) is 2.09. The summed E-state index contributed by atoms with van der Waals surface area (Å²) in [6, 6.07) is 3.87. The molecule has 82 valence electrons. The van der Waals surface area contributed by atoms with Crippen molar-refractivity contribution in [2.45, 2.75) is 25.8 Å². The van der Waals surface area contributed by atoms with Gasteiger partial charge in [0.15, 0.2) is 0 Å². The van der Waals surface area contributed by atoms with E-state index in [4.69, 9.17) is 0 Å². The summed E-state index contributed by atoms with van der Waals surface area (Å²) >= 11 is 0. The first kappa shape index (κ1) is 10.6. The first-order valence-corrected chi connectivity index (χ1v) is 5.35. The largest absolute Gasteiger partial charge is 0.309 e. The van der Waals surface area contributed by atoms with Crippen LogP contribution < -0.4 is 5.32 Å². The zero-order valence-corrected chi connectivity index (χ0v) is 8.76. The van der Waals surface area contributed by atoms with Crippen LogP contribution in [0.4, 0.5) is 8.78 Å². The van der Waals surface area contributed by atoms with Crippen LogP contribution in [0.1, 0.15) is 31.4 Å². The summed E-state index contributed by atoms with van der Waals surface area (Å²) in [5, 5.41) is 3.19. The Labute approximate surface area is 88.5 Å². The van der Waals surface area contributed by atoms with Crippen LogP contribution in [-0.4, -0.2) is 6.54 Å². The molecule has 1 nitrogen and oxygen atoms in total. The lowest BCUT2D eigenvalue weighted by Gasteiger charge is -2.28. The van der Waals surface area contributed by atoms with E-state index in [9.17, 15) is 8.78 Å². The van der Waals surface area contributed by atoms with Gasteiger partial charge in [-0.2, -0.15) is 0 Å². The van der Waals surface area contributed by atoms with Crippen LogP contribution in [0.15, 0.2) is 18.2 Å². The topological polar surface area (TPSA) is 12.0 Å². The summed E-state index contributed by atoms with van der Waals surface area (Å²) in [6.45, 7) is 2.97. The van der Waals surface area contributed by atoms with Gasteiger partial charge in [0.25, 0.3) is 0 Å². The zero-order valence-electron chi connectivity index (χ0n) is 8.76. The molecule has 2 unspecified atom stereocenters. The van der Waals surface area contributed by atoms with Gasteiger partial charge in [-0.05, 0) is 37.4 Å². The summed E-state index contributed by atoms with van der Waals surface area (Å²) < 4.78 is 26.9. The Morgan fingerprint density at radius 3 is 2.40 bits per heavy atom. The minimum absolute atomic E-state index is 0.164. The quantitative estimate of drug-likeness (QED) is 0.753. The summed E-state index contributed by atoms with van der Waals surface area (Å²) in [5.41, 5.74) is 0.199. The molecule has 0 spiro atoms. The third-order valence-electron chi connectivity index (χ3n) is 3.01. The van der Waals surface area contributed by atoms with Crippen molar-refractivity contribution in [1.29, 1.82) is 0 Å². The van der Waals surface area contributed by atoms with Crippen LogP contribution >= 0.6 is 0 Å². The van der Waals surface area contributed by atoms with E-state index in [-0.39, 0.29) is 11.6 Å². The second-order valence-electron chi connectivity index (χ2n) is 4.28. The van der Waals surface area contributed by atoms with Crippen LogP contribution in [0.25, 0.3) is 0 Å². The fraction of sp³-hybridized carbons (Fsp3) is 0.500. The van der Waals surface area contributed by atoms with E-state index in [0.717, 1.165) is 19.4 Å². The summed E-state index contributed by atoms with van der Waals surface area (Å²) in [4.78, 5) is 0. The van der Waals surface area contributed by atoms with Gasteiger partial charge in [-0.3, -0.25) is 0 Å². The van der Waals surface area contributed by atoms with Gasteiger partial charge in [0, 0.05) is 11.6 Å². The summed E-state index contributed by atoms with van der Waals surface area (Å²) in [7, 11) is 0. The molecular weight excluding hydrogens is 196 g/mol. The molecule has 1 aromatic carbocycles. The predicted molar refractivity (Wildman–Crippen MR) is 55.5 cm³/mol. The number of halogens is 2. The van der Waals surface area contributed by atoms with E-state index in [1.165, 1.54) is 18.2 Å². The lowest BCUT2D eigenvalue weighted by atomic mass is 9.91. The predicted octanol–water partition coefficient (Wildman–Crippen LogP) is 3.03. The van der Waals surface area contributed by atoms with Crippen LogP contribution in [0.5, 0.6) is 0 Å². The molecule has 0 saturated carbocycles. The van der Waals surface area contributed by atoms with Crippen LogP contribution in [0, 0.1) is 17.6 Å². The Kier molecular flexibility index (Phi) is 3.00. The minimum Gasteiger partial charge on any atom is -0.309 e. The van der Waals surface area contributed by atoms with Crippen molar-refractivity contribution in [3.05, 3.63) is 35.4 Å². The molecule has 0 aromatic heterocycles. The molecule has 3 heteroatoms.